The number of hydrogen-bond acceptors (Lipinski definition) is 3. The van der Waals surface area contributed by atoms with Crippen molar-refractivity contribution in [3.63, 3.8) is 0 Å². The number of likely N-dealkylation sites (N-methyl/N-ethyl adjacent to an activating group) is 1. The first-order valence-corrected chi connectivity index (χ1v) is 8.11. The van der Waals surface area contributed by atoms with Crippen LogP contribution in [0.4, 0.5) is 0 Å². The van der Waals surface area contributed by atoms with Crippen LogP contribution < -0.4 is 0 Å². The van der Waals surface area contributed by atoms with Gasteiger partial charge in [0.25, 0.3) is 0 Å². The topological polar surface area (TPSA) is 26.7 Å². The lowest BCUT2D eigenvalue weighted by atomic mass is 9.56. The summed E-state index contributed by atoms with van der Waals surface area (Å²) in [6, 6.07) is 6.68. The highest BCUT2D eigenvalue weighted by Crippen LogP contribution is 2.51. The Labute approximate surface area is 128 Å². The number of phenols is 1. The zero-order valence-corrected chi connectivity index (χ0v) is 13.8. The van der Waals surface area contributed by atoms with E-state index in [0.717, 1.165) is 19.5 Å². The van der Waals surface area contributed by atoms with Crippen molar-refractivity contribution >= 4 is 0 Å². The van der Waals surface area contributed by atoms with Crippen LogP contribution in [-0.4, -0.2) is 55.2 Å². The minimum Gasteiger partial charge on any atom is -0.508 e. The molecule has 2 aliphatic rings. The van der Waals surface area contributed by atoms with Crippen molar-refractivity contribution in [1.29, 1.82) is 0 Å². The molecule has 1 aliphatic heterocycles. The molecule has 1 fully saturated rings. The van der Waals surface area contributed by atoms with Gasteiger partial charge >= 0.3 is 0 Å². The van der Waals surface area contributed by atoms with Crippen molar-refractivity contribution in [3.8, 4) is 5.75 Å². The van der Waals surface area contributed by atoms with Gasteiger partial charge in [0.2, 0.25) is 0 Å². The molecule has 3 nitrogen and oxygen atoms in total. The van der Waals surface area contributed by atoms with Gasteiger partial charge in [-0.25, -0.2) is 0 Å². The second-order valence-corrected chi connectivity index (χ2v) is 7.34. The van der Waals surface area contributed by atoms with Crippen LogP contribution in [0.2, 0.25) is 0 Å². The van der Waals surface area contributed by atoms with E-state index < -0.39 is 0 Å². The quantitative estimate of drug-likeness (QED) is 0.925. The van der Waals surface area contributed by atoms with Crippen LogP contribution >= 0.6 is 0 Å². The van der Waals surface area contributed by atoms with Gasteiger partial charge in [-0.15, -0.1) is 0 Å². The van der Waals surface area contributed by atoms with Gasteiger partial charge in [-0.05, 0) is 82.7 Å². The fraction of sp³-hybridized carbons (Fsp3) is 0.667. The lowest BCUT2D eigenvalue weighted by Crippen LogP contribution is -2.58. The lowest BCUT2D eigenvalue weighted by Gasteiger charge is -2.55. The molecule has 1 aromatic rings. The highest BCUT2D eigenvalue weighted by atomic mass is 16.3. The van der Waals surface area contributed by atoms with Gasteiger partial charge in [-0.2, -0.15) is 0 Å². The molecule has 0 amide bonds. The SMILES string of the molecule is C[C@H]1[C@H]2Cc3ccc(O)cc3C1(CCN(C)C)CCN2C. The number of aromatic hydroxyl groups is 1. The average molecular weight is 288 g/mol. The number of piperidine rings is 1. The van der Waals surface area contributed by atoms with Crippen molar-refractivity contribution in [2.24, 2.45) is 5.92 Å². The Balaban J connectivity index is 2.07. The van der Waals surface area contributed by atoms with Crippen molar-refractivity contribution in [1.82, 2.24) is 9.80 Å². The van der Waals surface area contributed by atoms with Crippen LogP contribution in [0.15, 0.2) is 18.2 Å². The predicted octanol–water partition coefficient (Wildman–Crippen LogP) is 2.48. The third kappa shape index (κ3) is 2.36. The van der Waals surface area contributed by atoms with E-state index in [1.54, 1.807) is 0 Å². The third-order valence-electron chi connectivity index (χ3n) is 5.99. The Hall–Kier alpha value is -1.06. The molecule has 0 saturated carbocycles. The van der Waals surface area contributed by atoms with Gasteiger partial charge in [-0.3, -0.25) is 0 Å². The smallest absolute Gasteiger partial charge is 0.115 e. The summed E-state index contributed by atoms with van der Waals surface area (Å²) in [6.45, 7) is 4.69. The summed E-state index contributed by atoms with van der Waals surface area (Å²) in [5.41, 5.74) is 3.09. The highest BCUT2D eigenvalue weighted by Gasteiger charge is 2.50. The molecule has 3 atom stereocenters. The number of hydrogen-bond donors (Lipinski definition) is 1. The van der Waals surface area contributed by atoms with E-state index in [4.69, 9.17) is 0 Å². The van der Waals surface area contributed by atoms with E-state index in [2.05, 4.69) is 43.9 Å². The van der Waals surface area contributed by atoms with Gasteiger partial charge in [0.15, 0.2) is 0 Å². The summed E-state index contributed by atoms with van der Waals surface area (Å²) in [7, 11) is 6.57. The Morgan fingerprint density at radius 3 is 2.86 bits per heavy atom. The second kappa shape index (κ2) is 5.29. The standard InChI is InChI=1S/C18H28N2O/c1-13-17-11-14-5-6-15(21)12-16(14)18(13,7-9-19(2)3)8-10-20(17)4/h5-6,12-13,17,21H,7-11H2,1-4H3/t13-,17+,18?/m0/s1. The molecule has 0 radical (unpaired) electrons. The molecule has 0 aromatic heterocycles. The molecular weight excluding hydrogens is 260 g/mol. The molecule has 2 bridgehead atoms. The van der Waals surface area contributed by atoms with E-state index in [9.17, 15) is 5.11 Å². The Morgan fingerprint density at radius 1 is 1.38 bits per heavy atom. The Bertz CT molecular complexity index is 528. The van der Waals surface area contributed by atoms with E-state index >= 15 is 0 Å². The summed E-state index contributed by atoms with van der Waals surface area (Å²) in [5.74, 6) is 1.06. The van der Waals surface area contributed by atoms with Crippen LogP contribution in [0.25, 0.3) is 0 Å². The predicted molar refractivity (Wildman–Crippen MR) is 86.9 cm³/mol. The normalized spacial score (nSPS) is 32.2. The minimum absolute atomic E-state index is 0.230. The maximum atomic E-state index is 9.99. The average Bonchev–Trinajstić information content (AvgIpc) is 2.43. The molecule has 1 aromatic carbocycles. The number of likely N-dealkylation sites (tertiary alicyclic amines) is 1. The number of nitrogens with zero attached hydrogens (tertiary/aromatic N) is 2. The summed E-state index contributed by atoms with van der Waals surface area (Å²) < 4.78 is 0. The Morgan fingerprint density at radius 2 is 2.14 bits per heavy atom. The molecule has 1 aliphatic carbocycles. The largest absolute Gasteiger partial charge is 0.508 e. The van der Waals surface area contributed by atoms with E-state index in [-0.39, 0.29) is 5.41 Å². The van der Waals surface area contributed by atoms with Gasteiger partial charge in [0.1, 0.15) is 5.75 Å². The van der Waals surface area contributed by atoms with Gasteiger partial charge in [0, 0.05) is 11.5 Å². The van der Waals surface area contributed by atoms with Crippen molar-refractivity contribution in [3.05, 3.63) is 29.3 Å². The summed E-state index contributed by atoms with van der Waals surface area (Å²) in [5, 5.41) is 9.99. The van der Waals surface area contributed by atoms with E-state index in [1.165, 1.54) is 24.0 Å². The fourth-order valence-corrected chi connectivity index (χ4v) is 4.57. The van der Waals surface area contributed by atoms with Crippen LogP contribution in [-0.2, 0) is 11.8 Å². The number of benzene rings is 1. The van der Waals surface area contributed by atoms with Crippen LogP contribution in [0.5, 0.6) is 5.75 Å². The third-order valence-corrected chi connectivity index (χ3v) is 5.99. The first kappa shape index (κ1) is 14.9. The summed E-state index contributed by atoms with van der Waals surface area (Å²) in [6.07, 6.45) is 3.50. The zero-order chi connectivity index (χ0) is 15.2. The summed E-state index contributed by atoms with van der Waals surface area (Å²) >= 11 is 0. The van der Waals surface area contributed by atoms with Crippen LogP contribution in [0.3, 0.4) is 0 Å². The van der Waals surface area contributed by atoms with E-state index in [0.29, 0.717) is 17.7 Å². The monoisotopic (exact) mass is 288 g/mol. The van der Waals surface area contributed by atoms with Crippen molar-refractivity contribution in [2.45, 2.75) is 37.6 Å². The molecule has 1 unspecified atom stereocenters. The van der Waals surface area contributed by atoms with Gasteiger partial charge in [-0.1, -0.05) is 13.0 Å². The van der Waals surface area contributed by atoms with Crippen molar-refractivity contribution in [2.75, 3.05) is 34.2 Å². The first-order chi connectivity index (χ1) is 9.94. The number of phenolic OH excluding ortho intramolecular Hbond substituents is 1. The molecular formula is C18H28N2O. The molecule has 21 heavy (non-hydrogen) atoms. The summed E-state index contributed by atoms with van der Waals surface area (Å²) in [4.78, 5) is 4.82. The number of fused-ring (bicyclic) bond motifs is 4. The maximum Gasteiger partial charge on any atom is 0.115 e. The fourth-order valence-electron chi connectivity index (χ4n) is 4.57. The van der Waals surface area contributed by atoms with Crippen molar-refractivity contribution < 1.29 is 5.11 Å². The molecule has 0 spiro atoms. The maximum absolute atomic E-state index is 9.99. The van der Waals surface area contributed by atoms with Gasteiger partial charge in [0.05, 0.1) is 0 Å². The Kier molecular flexibility index (Phi) is 3.74. The van der Waals surface area contributed by atoms with E-state index in [1.807, 2.05) is 12.1 Å². The first-order valence-electron chi connectivity index (χ1n) is 8.11. The lowest BCUT2D eigenvalue weighted by molar-refractivity contribution is 0.0322. The molecule has 3 heteroatoms. The second-order valence-electron chi connectivity index (χ2n) is 7.34. The van der Waals surface area contributed by atoms with Crippen LogP contribution in [0.1, 0.15) is 30.9 Å². The van der Waals surface area contributed by atoms with Gasteiger partial charge < -0.3 is 14.9 Å². The minimum atomic E-state index is 0.230. The zero-order valence-electron chi connectivity index (χ0n) is 13.8. The molecule has 3 rings (SSSR count). The molecule has 1 saturated heterocycles. The molecule has 1 heterocycles. The number of rotatable bonds is 3. The highest BCUT2D eigenvalue weighted by molar-refractivity contribution is 5.44. The molecule has 116 valence electrons. The molecule has 1 N–H and O–H groups in total. The van der Waals surface area contributed by atoms with Crippen LogP contribution in [0, 0.1) is 5.92 Å².